The molecule has 1 aromatic heterocycles. The van der Waals surface area contributed by atoms with E-state index >= 15 is 0 Å². The van der Waals surface area contributed by atoms with Crippen molar-refractivity contribution in [2.75, 3.05) is 25.0 Å². The second-order valence-electron chi connectivity index (χ2n) is 6.00. The fourth-order valence-electron chi connectivity index (χ4n) is 2.48. The van der Waals surface area contributed by atoms with Crippen LogP contribution in [0, 0.1) is 5.92 Å². The van der Waals surface area contributed by atoms with Gasteiger partial charge in [0, 0.05) is 26.3 Å². The predicted molar refractivity (Wildman–Crippen MR) is 84.0 cm³/mol. The van der Waals surface area contributed by atoms with Gasteiger partial charge in [-0.25, -0.2) is 9.78 Å². The smallest absolute Gasteiger partial charge is 0.326 e. The molecule has 120 valence electrons. The summed E-state index contributed by atoms with van der Waals surface area (Å²) in [6.45, 7) is 5.38. The Morgan fingerprint density at radius 2 is 2.00 bits per heavy atom. The van der Waals surface area contributed by atoms with Gasteiger partial charge in [0.2, 0.25) is 0 Å². The molecule has 0 aliphatic carbocycles. The lowest BCUT2D eigenvalue weighted by atomic mass is 9.99. The first-order chi connectivity index (χ1) is 10.4. The van der Waals surface area contributed by atoms with Crippen molar-refractivity contribution < 1.29 is 14.7 Å². The summed E-state index contributed by atoms with van der Waals surface area (Å²) in [5, 5.41) is 9.02. The van der Waals surface area contributed by atoms with Crippen molar-refractivity contribution in [1.82, 2.24) is 9.88 Å². The van der Waals surface area contributed by atoms with E-state index in [1.54, 1.807) is 31.0 Å². The van der Waals surface area contributed by atoms with E-state index in [1.165, 1.54) is 6.20 Å². The summed E-state index contributed by atoms with van der Waals surface area (Å²) in [7, 11) is 1.68. The molecule has 1 aliphatic heterocycles. The Hall–Kier alpha value is -2.11. The van der Waals surface area contributed by atoms with Crippen LogP contribution in [0.5, 0.6) is 0 Å². The van der Waals surface area contributed by atoms with Crippen molar-refractivity contribution in [3.63, 3.8) is 0 Å². The van der Waals surface area contributed by atoms with Gasteiger partial charge in [-0.05, 0) is 37.8 Å². The number of hydrogen-bond acceptors (Lipinski definition) is 4. The Morgan fingerprint density at radius 1 is 1.36 bits per heavy atom. The molecule has 0 aromatic carbocycles. The third-order valence-corrected chi connectivity index (χ3v) is 4.37. The number of carbonyl (C=O) groups excluding carboxylic acids is 1. The molecule has 1 unspecified atom stereocenters. The third-order valence-electron chi connectivity index (χ3n) is 4.37. The van der Waals surface area contributed by atoms with Crippen molar-refractivity contribution in [1.29, 1.82) is 0 Å². The second kappa shape index (κ2) is 6.77. The van der Waals surface area contributed by atoms with Crippen molar-refractivity contribution in [3.8, 4) is 0 Å². The maximum absolute atomic E-state index is 12.4. The number of aliphatic carboxylic acids is 1. The van der Waals surface area contributed by atoms with Gasteiger partial charge < -0.3 is 14.9 Å². The summed E-state index contributed by atoms with van der Waals surface area (Å²) in [6.07, 6.45) is 3.60. The van der Waals surface area contributed by atoms with Gasteiger partial charge in [-0.2, -0.15) is 0 Å². The van der Waals surface area contributed by atoms with E-state index in [2.05, 4.69) is 11.9 Å². The number of pyridine rings is 1. The van der Waals surface area contributed by atoms with E-state index in [9.17, 15) is 9.59 Å². The van der Waals surface area contributed by atoms with E-state index in [0.717, 1.165) is 25.9 Å². The van der Waals surface area contributed by atoms with Gasteiger partial charge in [-0.1, -0.05) is 6.92 Å². The lowest BCUT2D eigenvalue weighted by molar-refractivity contribution is -0.138. The van der Waals surface area contributed by atoms with E-state index in [1.807, 2.05) is 4.90 Å². The molecule has 0 bridgehead atoms. The van der Waals surface area contributed by atoms with Gasteiger partial charge in [0.25, 0.3) is 5.91 Å². The van der Waals surface area contributed by atoms with Crippen LogP contribution in [0.3, 0.4) is 0 Å². The van der Waals surface area contributed by atoms with Crippen LogP contribution in [0.15, 0.2) is 18.3 Å². The summed E-state index contributed by atoms with van der Waals surface area (Å²) in [6, 6.07) is 2.74. The normalized spacial score (nSPS) is 17.1. The highest BCUT2D eigenvalue weighted by molar-refractivity contribution is 5.94. The number of hydrogen-bond donors (Lipinski definition) is 1. The Balaban J connectivity index is 2.05. The van der Waals surface area contributed by atoms with Crippen molar-refractivity contribution in [3.05, 3.63) is 23.9 Å². The Labute approximate surface area is 130 Å². The highest BCUT2D eigenvalue weighted by Gasteiger charge is 2.22. The van der Waals surface area contributed by atoms with Crippen LogP contribution in [0.1, 0.15) is 37.0 Å². The maximum atomic E-state index is 12.4. The number of carbonyl (C=O) groups is 2. The highest BCUT2D eigenvalue weighted by Crippen LogP contribution is 2.19. The molecule has 1 fully saturated rings. The maximum Gasteiger partial charge on any atom is 0.326 e. The molecule has 0 saturated carbocycles. The summed E-state index contributed by atoms with van der Waals surface area (Å²) < 4.78 is 0. The number of rotatable bonds is 4. The fraction of sp³-hybridized carbons (Fsp3) is 0.562. The van der Waals surface area contributed by atoms with Gasteiger partial charge in [0.1, 0.15) is 11.9 Å². The minimum Gasteiger partial charge on any atom is -0.480 e. The molecule has 2 rings (SSSR count). The molecule has 6 nitrogen and oxygen atoms in total. The van der Waals surface area contributed by atoms with E-state index in [4.69, 9.17) is 5.11 Å². The van der Waals surface area contributed by atoms with Gasteiger partial charge in [0.05, 0.1) is 5.56 Å². The molecule has 1 amide bonds. The lowest BCUT2D eigenvalue weighted by Crippen LogP contribution is -2.38. The van der Waals surface area contributed by atoms with Gasteiger partial charge in [-0.3, -0.25) is 4.79 Å². The molecule has 2 heterocycles. The van der Waals surface area contributed by atoms with E-state index in [-0.39, 0.29) is 5.91 Å². The van der Waals surface area contributed by atoms with Crippen molar-refractivity contribution in [2.24, 2.45) is 5.92 Å². The molecular formula is C16H23N3O3. The van der Waals surface area contributed by atoms with Gasteiger partial charge >= 0.3 is 5.97 Å². The number of nitrogens with zero attached hydrogens (tertiary/aromatic N) is 3. The van der Waals surface area contributed by atoms with Crippen LogP contribution >= 0.6 is 0 Å². The molecule has 0 spiro atoms. The second-order valence-corrected chi connectivity index (χ2v) is 6.00. The molecule has 1 saturated heterocycles. The minimum atomic E-state index is -0.910. The number of amides is 1. The van der Waals surface area contributed by atoms with Crippen LogP contribution in [0.2, 0.25) is 0 Å². The lowest BCUT2D eigenvalue weighted by Gasteiger charge is -2.30. The molecule has 6 heteroatoms. The number of carboxylic acid groups (broad SMARTS) is 1. The first-order valence-corrected chi connectivity index (χ1v) is 7.61. The standard InChI is InChI=1S/C16H23N3O3/c1-11-6-8-19(9-7-11)15(20)13-4-5-14(17-10-13)18(3)12(2)16(21)22/h4-5,10-12H,6-9H2,1-3H3,(H,21,22). The molecule has 1 aromatic rings. The first-order valence-electron chi connectivity index (χ1n) is 7.61. The number of likely N-dealkylation sites (tertiary alicyclic amines) is 1. The third kappa shape index (κ3) is 3.55. The molecule has 1 N–H and O–H groups in total. The topological polar surface area (TPSA) is 73.7 Å². The zero-order chi connectivity index (χ0) is 16.3. The predicted octanol–water partition coefficient (Wildman–Crippen LogP) is 1.86. The highest BCUT2D eigenvalue weighted by atomic mass is 16.4. The van der Waals surface area contributed by atoms with Crippen LogP contribution in [-0.2, 0) is 4.79 Å². The zero-order valence-electron chi connectivity index (χ0n) is 13.3. The van der Waals surface area contributed by atoms with Gasteiger partial charge in [0.15, 0.2) is 0 Å². The summed E-state index contributed by atoms with van der Waals surface area (Å²) in [5.41, 5.74) is 0.551. The molecular weight excluding hydrogens is 282 g/mol. The van der Waals surface area contributed by atoms with Crippen LogP contribution < -0.4 is 4.90 Å². The first kappa shape index (κ1) is 16.3. The molecule has 22 heavy (non-hydrogen) atoms. The SMILES string of the molecule is CC1CCN(C(=O)c2ccc(N(C)C(C)C(=O)O)nc2)CC1. The quantitative estimate of drug-likeness (QED) is 0.919. The number of anilines is 1. The van der Waals surface area contributed by atoms with Crippen molar-refractivity contribution >= 4 is 17.7 Å². The number of carboxylic acids is 1. The summed E-state index contributed by atoms with van der Waals surface area (Å²) >= 11 is 0. The van der Waals surface area contributed by atoms with E-state index in [0.29, 0.717) is 17.3 Å². The monoisotopic (exact) mass is 305 g/mol. The zero-order valence-corrected chi connectivity index (χ0v) is 13.3. The fourth-order valence-corrected chi connectivity index (χ4v) is 2.48. The van der Waals surface area contributed by atoms with Crippen LogP contribution in [0.4, 0.5) is 5.82 Å². The Kier molecular flexibility index (Phi) is 5.00. The Bertz CT molecular complexity index is 536. The number of piperidine rings is 1. The Morgan fingerprint density at radius 3 is 2.50 bits per heavy atom. The van der Waals surface area contributed by atoms with E-state index < -0.39 is 12.0 Å². The van der Waals surface area contributed by atoms with Crippen LogP contribution in [0.25, 0.3) is 0 Å². The van der Waals surface area contributed by atoms with Crippen molar-refractivity contribution in [2.45, 2.75) is 32.7 Å². The average molecular weight is 305 g/mol. The number of likely N-dealkylation sites (N-methyl/N-ethyl adjacent to an activating group) is 1. The largest absolute Gasteiger partial charge is 0.480 e. The average Bonchev–Trinajstić information content (AvgIpc) is 2.53. The van der Waals surface area contributed by atoms with Gasteiger partial charge in [-0.15, -0.1) is 0 Å². The molecule has 1 aliphatic rings. The number of aromatic nitrogens is 1. The summed E-state index contributed by atoms with van der Waals surface area (Å²) in [4.78, 5) is 31.1. The summed E-state index contributed by atoms with van der Waals surface area (Å²) in [5.74, 6) is 0.307. The molecule has 1 atom stereocenters. The molecule has 0 radical (unpaired) electrons. The van der Waals surface area contributed by atoms with Crippen LogP contribution in [-0.4, -0.2) is 53.0 Å². The minimum absolute atomic E-state index is 0.000105.